The molecule has 0 saturated heterocycles. The predicted octanol–water partition coefficient (Wildman–Crippen LogP) is 4.76. The zero-order chi connectivity index (χ0) is 14.7. The molecule has 0 spiro atoms. The third kappa shape index (κ3) is 3.67. The normalized spacial score (nSPS) is 12.2. The van der Waals surface area contributed by atoms with Gasteiger partial charge < -0.3 is 5.11 Å². The monoisotopic (exact) mass is 400 g/mol. The fourth-order valence-corrected chi connectivity index (χ4v) is 2.82. The molecule has 0 saturated carbocycles. The third-order valence-corrected chi connectivity index (χ3v) is 4.07. The van der Waals surface area contributed by atoms with E-state index < -0.39 is 11.9 Å². The number of rotatable bonds is 4. The molecule has 2 rings (SSSR count). The summed E-state index contributed by atoms with van der Waals surface area (Å²) in [4.78, 5) is 11.5. The maximum atomic E-state index is 13.2. The topological polar surface area (TPSA) is 37.3 Å². The van der Waals surface area contributed by atoms with Crippen molar-refractivity contribution < 1.29 is 14.3 Å². The number of carboxylic acid groups (broad SMARTS) is 1. The number of hydrogen-bond donors (Lipinski definition) is 1. The second kappa shape index (κ2) is 6.50. The fraction of sp³-hybridized carbons (Fsp3) is 0.133. The van der Waals surface area contributed by atoms with E-state index in [1.54, 1.807) is 30.3 Å². The van der Waals surface area contributed by atoms with Crippen LogP contribution in [0.15, 0.2) is 51.4 Å². The van der Waals surface area contributed by atoms with Gasteiger partial charge in [0.25, 0.3) is 0 Å². The van der Waals surface area contributed by atoms with E-state index in [1.807, 2.05) is 6.07 Å². The van der Waals surface area contributed by atoms with Crippen LogP contribution in [0.25, 0.3) is 0 Å². The lowest BCUT2D eigenvalue weighted by molar-refractivity contribution is -0.138. The number of carboxylic acids is 1. The first kappa shape index (κ1) is 15.2. The van der Waals surface area contributed by atoms with Crippen molar-refractivity contribution in [2.75, 3.05) is 0 Å². The van der Waals surface area contributed by atoms with Gasteiger partial charge in [0.05, 0.1) is 10.4 Å². The lowest BCUT2D eigenvalue weighted by atomic mass is 9.92. The minimum absolute atomic E-state index is 0.310. The standard InChI is InChI=1S/C15H11Br2FO2/c16-11-3-1-2-10(8-11)12(15(19)20)6-9-4-5-14(18)13(17)7-9/h1-5,7-8,12H,6H2,(H,19,20). The fourth-order valence-electron chi connectivity index (χ4n) is 1.97. The molecule has 2 aromatic rings. The average molecular weight is 402 g/mol. The van der Waals surface area contributed by atoms with Gasteiger partial charge in [0, 0.05) is 4.47 Å². The van der Waals surface area contributed by atoms with E-state index in [9.17, 15) is 14.3 Å². The first-order valence-corrected chi connectivity index (χ1v) is 7.48. The SMILES string of the molecule is O=C(O)C(Cc1ccc(F)c(Br)c1)c1cccc(Br)c1. The average Bonchev–Trinajstić information content (AvgIpc) is 2.39. The summed E-state index contributed by atoms with van der Waals surface area (Å²) < 4.78 is 14.4. The highest BCUT2D eigenvalue weighted by atomic mass is 79.9. The summed E-state index contributed by atoms with van der Waals surface area (Å²) in [5.41, 5.74) is 1.48. The molecule has 1 unspecified atom stereocenters. The minimum Gasteiger partial charge on any atom is -0.481 e. The molecule has 2 aromatic carbocycles. The highest BCUT2D eigenvalue weighted by molar-refractivity contribution is 9.10. The van der Waals surface area contributed by atoms with Gasteiger partial charge in [-0.1, -0.05) is 34.1 Å². The van der Waals surface area contributed by atoms with Crippen molar-refractivity contribution in [3.05, 3.63) is 68.4 Å². The molecular formula is C15H11Br2FO2. The Labute approximate surface area is 132 Å². The number of benzene rings is 2. The molecule has 0 aliphatic rings. The van der Waals surface area contributed by atoms with Gasteiger partial charge in [-0.25, -0.2) is 4.39 Å². The van der Waals surface area contributed by atoms with Crippen LogP contribution in [0, 0.1) is 5.82 Å². The summed E-state index contributed by atoms with van der Waals surface area (Å²) in [6.45, 7) is 0. The lowest BCUT2D eigenvalue weighted by Gasteiger charge is -2.13. The molecule has 0 amide bonds. The van der Waals surface area contributed by atoms with Crippen LogP contribution in [-0.2, 0) is 11.2 Å². The van der Waals surface area contributed by atoms with Gasteiger partial charge in [-0.05, 0) is 57.7 Å². The van der Waals surface area contributed by atoms with Crippen molar-refractivity contribution in [2.45, 2.75) is 12.3 Å². The summed E-state index contributed by atoms with van der Waals surface area (Å²) in [6, 6.07) is 11.8. The van der Waals surface area contributed by atoms with Crippen LogP contribution in [0.3, 0.4) is 0 Å². The Kier molecular flexibility index (Phi) is 4.94. The summed E-state index contributed by atoms with van der Waals surface area (Å²) >= 11 is 6.45. The van der Waals surface area contributed by atoms with Crippen molar-refractivity contribution in [3.63, 3.8) is 0 Å². The van der Waals surface area contributed by atoms with Crippen LogP contribution in [0.1, 0.15) is 17.0 Å². The van der Waals surface area contributed by atoms with Crippen LogP contribution in [0.2, 0.25) is 0 Å². The van der Waals surface area contributed by atoms with Crippen LogP contribution in [-0.4, -0.2) is 11.1 Å². The second-order valence-corrected chi connectivity index (χ2v) is 6.17. The third-order valence-electron chi connectivity index (χ3n) is 2.97. The molecule has 0 radical (unpaired) electrons. The quantitative estimate of drug-likeness (QED) is 0.801. The molecule has 0 bridgehead atoms. The maximum Gasteiger partial charge on any atom is 0.311 e. The molecule has 1 atom stereocenters. The van der Waals surface area contributed by atoms with Crippen molar-refractivity contribution in [1.29, 1.82) is 0 Å². The number of aliphatic carboxylic acids is 1. The Morgan fingerprint density at radius 1 is 1.20 bits per heavy atom. The first-order chi connectivity index (χ1) is 9.47. The van der Waals surface area contributed by atoms with Crippen molar-refractivity contribution in [1.82, 2.24) is 0 Å². The summed E-state index contributed by atoms with van der Waals surface area (Å²) in [5.74, 6) is -1.92. The second-order valence-electron chi connectivity index (χ2n) is 4.40. The largest absolute Gasteiger partial charge is 0.481 e. The summed E-state index contributed by atoms with van der Waals surface area (Å²) in [5, 5.41) is 9.40. The van der Waals surface area contributed by atoms with Crippen molar-refractivity contribution >= 4 is 37.8 Å². The van der Waals surface area contributed by atoms with Gasteiger partial charge >= 0.3 is 5.97 Å². The smallest absolute Gasteiger partial charge is 0.311 e. The van der Waals surface area contributed by atoms with Gasteiger partial charge in [0.2, 0.25) is 0 Å². The maximum absolute atomic E-state index is 13.2. The van der Waals surface area contributed by atoms with Gasteiger partial charge in [-0.3, -0.25) is 4.79 Å². The van der Waals surface area contributed by atoms with Gasteiger partial charge in [-0.15, -0.1) is 0 Å². The van der Waals surface area contributed by atoms with E-state index in [0.29, 0.717) is 16.5 Å². The van der Waals surface area contributed by atoms with Crippen LogP contribution < -0.4 is 0 Å². The van der Waals surface area contributed by atoms with E-state index in [2.05, 4.69) is 31.9 Å². The highest BCUT2D eigenvalue weighted by Crippen LogP contribution is 2.26. The molecule has 2 nitrogen and oxygen atoms in total. The van der Waals surface area contributed by atoms with Gasteiger partial charge in [0.15, 0.2) is 0 Å². The van der Waals surface area contributed by atoms with Crippen LogP contribution in [0.5, 0.6) is 0 Å². The molecule has 0 heterocycles. The predicted molar refractivity (Wildman–Crippen MR) is 82.3 cm³/mol. The molecule has 104 valence electrons. The van der Waals surface area contributed by atoms with E-state index >= 15 is 0 Å². The molecule has 0 aromatic heterocycles. The van der Waals surface area contributed by atoms with Crippen molar-refractivity contribution in [3.8, 4) is 0 Å². The minimum atomic E-state index is -0.899. The Hall–Kier alpha value is -1.20. The first-order valence-electron chi connectivity index (χ1n) is 5.89. The number of halogens is 3. The van der Waals surface area contributed by atoms with E-state index in [-0.39, 0.29) is 5.82 Å². The molecule has 0 fully saturated rings. The zero-order valence-electron chi connectivity index (χ0n) is 10.3. The molecule has 20 heavy (non-hydrogen) atoms. The number of carbonyl (C=O) groups is 1. The molecule has 0 aliphatic heterocycles. The molecule has 1 N–H and O–H groups in total. The Balaban J connectivity index is 2.30. The Morgan fingerprint density at radius 3 is 2.55 bits per heavy atom. The molecular weight excluding hydrogens is 391 g/mol. The van der Waals surface area contributed by atoms with Crippen molar-refractivity contribution in [2.24, 2.45) is 0 Å². The van der Waals surface area contributed by atoms with Gasteiger partial charge in [-0.2, -0.15) is 0 Å². The number of hydrogen-bond acceptors (Lipinski definition) is 1. The van der Waals surface area contributed by atoms with Crippen LogP contribution >= 0.6 is 31.9 Å². The summed E-state index contributed by atoms with van der Waals surface area (Å²) in [7, 11) is 0. The Bertz CT molecular complexity index is 644. The van der Waals surface area contributed by atoms with E-state index in [0.717, 1.165) is 10.0 Å². The van der Waals surface area contributed by atoms with Crippen LogP contribution in [0.4, 0.5) is 4.39 Å². The zero-order valence-corrected chi connectivity index (χ0v) is 13.5. The lowest BCUT2D eigenvalue weighted by Crippen LogP contribution is -2.14. The van der Waals surface area contributed by atoms with Gasteiger partial charge in [0.1, 0.15) is 5.82 Å². The molecule has 0 aliphatic carbocycles. The highest BCUT2D eigenvalue weighted by Gasteiger charge is 2.21. The molecule has 5 heteroatoms. The van der Waals surface area contributed by atoms with E-state index in [1.165, 1.54) is 6.07 Å². The Morgan fingerprint density at radius 2 is 1.95 bits per heavy atom. The summed E-state index contributed by atoms with van der Waals surface area (Å²) in [6.07, 6.45) is 0.310. The van der Waals surface area contributed by atoms with E-state index in [4.69, 9.17) is 0 Å².